The van der Waals surface area contributed by atoms with Crippen molar-refractivity contribution in [2.45, 2.75) is 12.5 Å². The Kier molecular flexibility index (Phi) is 3.29. The highest BCUT2D eigenvalue weighted by molar-refractivity contribution is 7.88. The molecule has 0 unspecified atom stereocenters. The van der Waals surface area contributed by atoms with Crippen LogP contribution in [0.3, 0.4) is 0 Å². The maximum Gasteiger partial charge on any atom is 0.247 e. The summed E-state index contributed by atoms with van der Waals surface area (Å²) in [4.78, 5) is 0. The van der Waals surface area contributed by atoms with E-state index in [0.29, 0.717) is 17.0 Å². The smallest absolute Gasteiger partial charge is 0.247 e. The number of hydrazone groups is 1. The Hall–Kier alpha value is -2.15. The normalized spacial score (nSPS) is 18.9. The van der Waals surface area contributed by atoms with E-state index in [1.165, 1.54) is 12.3 Å². The first-order valence-electron chi connectivity index (χ1n) is 6.32. The lowest BCUT2D eigenvalue weighted by Crippen LogP contribution is -2.26. The van der Waals surface area contributed by atoms with E-state index >= 15 is 0 Å². The van der Waals surface area contributed by atoms with Crippen LogP contribution in [0.4, 0.5) is 4.39 Å². The molecule has 21 heavy (non-hydrogen) atoms. The molecule has 0 bridgehead atoms. The molecule has 1 aromatic heterocycles. The van der Waals surface area contributed by atoms with Crippen LogP contribution >= 0.6 is 0 Å². The molecule has 0 aliphatic carbocycles. The van der Waals surface area contributed by atoms with Gasteiger partial charge in [-0.25, -0.2) is 12.8 Å². The number of rotatable bonds is 3. The molecule has 0 amide bonds. The van der Waals surface area contributed by atoms with E-state index in [2.05, 4.69) is 5.10 Å². The van der Waals surface area contributed by atoms with Gasteiger partial charge in [0.05, 0.1) is 18.6 Å². The number of nitrogens with zero attached hydrogens (tertiary/aromatic N) is 2. The third kappa shape index (κ3) is 2.56. The summed E-state index contributed by atoms with van der Waals surface area (Å²) >= 11 is 0. The summed E-state index contributed by atoms with van der Waals surface area (Å²) in [6, 6.07) is 8.80. The second-order valence-corrected chi connectivity index (χ2v) is 6.64. The van der Waals surface area contributed by atoms with Gasteiger partial charge in [0.25, 0.3) is 0 Å². The summed E-state index contributed by atoms with van der Waals surface area (Å²) < 4.78 is 44.0. The van der Waals surface area contributed by atoms with Gasteiger partial charge in [0.1, 0.15) is 17.3 Å². The number of halogens is 1. The zero-order valence-corrected chi connectivity index (χ0v) is 12.0. The topological polar surface area (TPSA) is 62.9 Å². The molecular weight excluding hydrogens is 295 g/mol. The van der Waals surface area contributed by atoms with Gasteiger partial charge < -0.3 is 4.42 Å². The molecule has 0 saturated heterocycles. The molecule has 5 nitrogen and oxygen atoms in total. The summed E-state index contributed by atoms with van der Waals surface area (Å²) in [5.41, 5.74) is 0.784. The average Bonchev–Trinajstić information content (AvgIpc) is 3.07. The average molecular weight is 308 g/mol. The lowest BCUT2D eigenvalue weighted by atomic mass is 10.0. The summed E-state index contributed by atoms with van der Waals surface area (Å²) in [6.45, 7) is 0. The SMILES string of the molecule is CS(=O)(=O)N1N=C(c2ccco2)C[C@@H]1c1ccccc1F. The number of benzene rings is 1. The van der Waals surface area contributed by atoms with E-state index in [0.717, 1.165) is 10.7 Å². The van der Waals surface area contributed by atoms with Gasteiger partial charge in [-0.1, -0.05) is 18.2 Å². The monoisotopic (exact) mass is 308 g/mol. The first-order valence-corrected chi connectivity index (χ1v) is 8.17. The van der Waals surface area contributed by atoms with Crippen molar-refractivity contribution in [1.82, 2.24) is 4.41 Å². The molecule has 1 aromatic carbocycles. The minimum absolute atomic E-state index is 0.265. The van der Waals surface area contributed by atoms with Crippen molar-refractivity contribution in [2.24, 2.45) is 5.10 Å². The van der Waals surface area contributed by atoms with E-state index in [1.807, 2.05) is 0 Å². The molecule has 1 aliphatic rings. The summed E-state index contributed by atoms with van der Waals surface area (Å²) in [5.74, 6) is 0.0366. The fourth-order valence-electron chi connectivity index (χ4n) is 2.36. The van der Waals surface area contributed by atoms with E-state index < -0.39 is 21.9 Å². The highest BCUT2D eigenvalue weighted by atomic mass is 32.2. The minimum atomic E-state index is -3.60. The third-order valence-electron chi connectivity index (χ3n) is 3.28. The predicted octanol–water partition coefficient (Wildman–Crippen LogP) is 2.53. The summed E-state index contributed by atoms with van der Waals surface area (Å²) in [7, 11) is -3.60. The van der Waals surface area contributed by atoms with Crippen molar-refractivity contribution in [3.63, 3.8) is 0 Å². The number of hydrogen-bond donors (Lipinski definition) is 0. The van der Waals surface area contributed by atoms with Crippen molar-refractivity contribution in [3.05, 3.63) is 59.8 Å². The Balaban J connectivity index is 2.04. The van der Waals surface area contributed by atoms with Crippen molar-refractivity contribution in [2.75, 3.05) is 6.26 Å². The van der Waals surface area contributed by atoms with Crippen LogP contribution < -0.4 is 0 Å². The Morgan fingerprint density at radius 2 is 2.05 bits per heavy atom. The third-order valence-corrected chi connectivity index (χ3v) is 4.30. The van der Waals surface area contributed by atoms with Gasteiger partial charge >= 0.3 is 0 Å². The van der Waals surface area contributed by atoms with Crippen LogP contribution in [0, 0.1) is 5.82 Å². The molecule has 0 fully saturated rings. The number of sulfonamides is 1. The Morgan fingerprint density at radius 1 is 1.29 bits per heavy atom. The van der Waals surface area contributed by atoms with Crippen LogP contribution in [-0.4, -0.2) is 24.8 Å². The molecule has 2 aromatic rings. The lowest BCUT2D eigenvalue weighted by molar-refractivity contribution is 0.365. The van der Waals surface area contributed by atoms with Crippen molar-refractivity contribution in [3.8, 4) is 0 Å². The van der Waals surface area contributed by atoms with Crippen molar-refractivity contribution in [1.29, 1.82) is 0 Å². The Morgan fingerprint density at radius 3 is 2.67 bits per heavy atom. The number of hydrogen-bond acceptors (Lipinski definition) is 4. The first-order chi connectivity index (χ1) is 9.97. The van der Waals surface area contributed by atoms with Crippen molar-refractivity contribution < 1.29 is 17.2 Å². The summed E-state index contributed by atoms with van der Waals surface area (Å²) in [5, 5.41) is 4.10. The quantitative estimate of drug-likeness (QED) is 0.875. The van der Waals surface area contributed by atoms with Crippen LogP contribution in [0.25, 0.3) is 0 Å². The fourth-order valence-corrected chi connectivity index (χ4v) is 3.26. The van der Waals surface area contributed by atoms with E-state index in [4.69, 9.17) is 4.42 Å². The van der Waals surface area contributed by atoms with Gasteiger partial charge in [-0.05, 0) is 18.2 Å². The molecule has 110 valence electrons. The first kappa shape index (κ1) is 13.8. The van der Waals surface area contributed by atoms with E-state index in [-0.39, 0.29) is 6.42 Å². The maximum absolute atomic E-state index is 14.0. The van der Waals surface area contributed by atoms with Gasteiger partial charge in [0.2, 0.25) is 10.0 Å². The molecule has 7 heteroatoms. The Labute approximate surface area is 121 Å². The minimum Gasteiger partial charge on any atom is -0.463 e. The van der Waals surface area contributed by atoms with Crippen LogP contribution in [0.5, 0.6) is 0 Å². The van der Waals surface area contributed by atoms with Crippen LogP contribution in [0.1, 0.15) is 23.8 Å². The van der Waals surface area contributed by atoms with Crippen molar-refractivity contribution >= 4 is 15.7 Å². The second kappa shape index (κ2) is 5.00. The molecule has 0 radical (unpaired) electrons. The summed E-state index contributed by atoms with van der Waals surface area (Å²) in [6.07, 6.45) is 2.80. The lowest BCUT2D eigenvalue weighted by Gasteiger charge is -2.21. The van der Waals surface area contributed by atoms with Crippen LogP contribution in [0.15, 0.2) is 52.2 Å². The fraction of sp³-hybridized carbons (Fsp3) is 0.214. The molecule has 0 saturated carbocycles. The zero-order valence-electron chi connectivity index (χ0n) is 11.2. The van der Waals surface area contributed by atoms with Gasteiger partial charge in [-0.15, -0.1) is 0 Å². The highest BCUT2D eigenvalue weighted by Gasteiger charge is 2.36. The maximum atomic E-state index is 14.0. The molecule has 1 aliphatic heterocycles. The second-order valence-electron chi connectivity index (χ2n) is 4.80. The largest absolute Gasteiger partial charge is 0.463 e. The molecule has 0 N–H and O–H groups in total. The molecule has 2 heterocycles. The molecule has 1 atom stereocenters. The van der Waals surface area contributed by atoms with E-state index in [1.54, 1.807) is 30.3 Å². The highest BCUT2D eigenvalue weighted by Crippen LogP contribution is 2.35. The van der Waals surface area contributed by atoms with Crippen LogP contribution in [-0.2, 0) is 10.0 Å². The van der Waals surface area contributed by atoms with E-state index in [9.17, 15) is 12.8 Å². The van der Waals surface area contributed by atoms with Gasteiger partial charge in [-0.3, -0.25) is 0 Å². The molecule has 0 spiro atoms. The van der Waals surface area contributed by atoms with Gasteiger partial charge in [0, 0.05) is 12.0 Å². The zero-order chi connectivity index (χ0) is 15.0. The Bertz CT molecular complexity index is 784. The van der Waals surface area contributed by atoms with Crippen LogP contribution in [0.2, 0.25) is 0 Å². The predicted molar refractivity (Wildman–Crippen MR) is 75.7 cm³/mol. The van der Waals surface area contributed by atoms with Gasteiger partial charge in [-0.2, -0.15) is 9.52 Å². The number of furan rings is 1. The van der Waals surface area contributed by atoms with Gasteiger partial charge in [0.15, 0.2) is 0 Å². The molecular formula is C14H13FN2O3S. The molecule has 3 rings (SSSR count). The standard InChI is InChI=1S/C14H13FN2O3S/c1-21(18,19)17-13(10-5-2-3-6-11(10)15)9-12(16-17)14-7-4-8-20-14/h2-8,13H,9H2,1H3/t13-/m1/s1.